The second kappa shape index (κ2) is 1.94. The molecule has 0 aromatic heterocycles. The molecule has 62 valence electrons. The minimum Gasteiger partial charge on any atom is -0.429 e. The summed E-state index contributed by atoms with van der Waals surface area (Å²) in [5, 5.41) is 21.5. The Morgan fingerprint density at radius 2 is 2.45 bits per heavy atom. The molecule has 0 aromatic rings. The number of piperidine rings is 1. The molecule has 2 aliphatic heterocycles. The van der Waals surface area contributed by atoms with Crippen molar-refractivity contribution < 1.29 is 19.7 Å². The monoisotopic (exact) mass is 159 g/mol. The lowest BCUT2D eigenvalue weighted by Gasteiger charge is -2.29. The van der Waals surface area contributed by atoms with Gasteiger partial charge in [0.15, 0.2) is 0 Å². The number of esters is 1. The van der Waals surface area contributed by atoms with Crippen molar-refractivity contribution in [3.8, 4) is 0 Å². The van der Waals surface area contributed by atoms with Crippen molar-refractivity contribution in [3.05, 3.63) is 0 Å². The minimum atomic E-state index is -1.68. The first-order valence-corrected chi connectivity index (χ1v) is 3.47. The van der Waals surface area contributed by atoms with E-state index < -0.39 is 23.8 Å². The van der Waals surface area contributed by atoms with E-state index in [-0.39, 0.29) is 6.54 Å². The summed E-state index contributed by atoms with van der Waals surface area (Å²) in [6, 6.07) is 0. The highest BCUT2D eigenvalue weighted by Crippen LogP contribution is 2.31. The number of hydrogen-bond donors (Lipinski definition) is 3. The molecule has 2 heterocycles. The Labute approximate surface area is 63.0 Å². The van der Waals surface area contributed by atoms with Crippen LogP contribution in [-0.4, -0.2) is 41.2 Å². The Morgan fingerprint density at radius 3 is 3.00 bits per heavy atom. The van der Waals surface area contributed by atoms with Gasteiger partial charge in [-0.2, -0.15) is 0 Å². The minimum absolute atomic E-state index is 0.108. The first kappa shape index (κ1) is 7.02. The highest BCUT2D eigenvalue weighted by molar-refractivity contribution is 5.77. The summed E-state index contributed by atoms with van der Waals surface area (Å²) in [4.78, 5) is 10.9. The molecule has 0 aliphatic carbocycles. The molecule has 0 saturated carbocycles. The van der Waals surface area contributed by atoms with E-state index >= 15 is 0 Å². The molecular formula is C6H9NO4. The van der Waals surface area contributed by atoms with E-state index in [4.69, 9.17) is 0 Å². The summed E-state index contributed by atoms with van der Waals surface area (Å²) in [6.07, 6.45) is -1.07. The Morgan fingerprint density at radius 1 is 1.73 bits per heavy atom. The molecule has 2 fully saturated rings. The number of ether oxygens (including phenoxy) is 1. The van der Waals surface area contributed by atoms with Crippen LogP contribution in [0.15, 0.2) is 0 Å². The summed E-state index contributed by atoms with van der Waals surface area (Å²) in [5.41, 5.74) is 0. The number of β-amino-alcohol motifs (C(OH)–C–C–N with tert-alkyl or cyclic N) is 1. The van der Waals surface area contributed by atoms with E-state index in [9.17, 15) is 15.0 Å². The summed E-state index contributed by atoms with van der Waals surface area (Å²) in [7, 11) is 0. The molecule has 5 heteroatoms. The van der Waals surface area contributed by atoms with Crippen molar-refractivity contribution in [3.63, 3.8) is 0 Å². The van der Waals surface area contributed by atoms with Crippen molar-refractivity contribution in [1.29, 1.82) is 0 Å². The average Bonchev–Trinajstić information content (AvgIpc) is 2.13. The maximum absolute atomic E-state index is 10.9. The number of fused-ring (bicyclic) bond motifs is 2. The van der Waals surface area contributed by atoms with Gasteiger partial charge in [0.05, 0.1) is 6.54 Å². The van der Waals surface area contributed by atoms with Crippen molar-refractivity contribution in [2.75, 3.05) is 13.1 Å². The topological polar surface area (TPSA) is 78.8 Å². The van der Waals surface area contributed by atoms with Gasteiger partial charge in [0, 0.05) is 6.54 Å². The van der Waals surface area contributed by atoms with Crippen LogP contribution in [0.2, 0.25) is 0 Å². The average molecular weight is 159 g/mol. The first-order valence-electron chi connectivity index (χ1n) is 3.47. The molecule has 0 aromatic carbocycles. The molecule has 0 spiro atoms. The maximum Gasteiger partial charge on any atom is 0.315 e. The SMILES string of the molecule is O=C1O[C@]2(O)CNCC1[C@@H]2O. The van der Waals surface area contributed by atoms with E-state index in [2.05, 4.69) is 10.1 Å². The van der Waals surface area contributed by atoms with Crippen LogP contribution in [0, 0.1) is 5.92 Å². The lowest BCUT2D eigenvalue weighted by Crippen LogP contribution is -2.55. The number of aliphatic hydroxyl groups excluding tert-OH is 1. The largest absolute Gasteiger partial charge is 0.429 e. The second-order valence-corrected chi connectivity index (χ2v) is 2.95. The zero-order valence-electron chi connectivity index (χ0n) is 5.78. The number of carbonyl (C=O) groups is 1. The van der Waals surface area contributed by atoms with Gasteiger partial charge in [-0.1, -0.05) is 0 Å². The van der Waals surface area contributed by atoms with Crippen LogP contribution >= 0.6 is 0 Å². The molecule has 0 amide bonds. The number of carbonyl (C=O) groups excluding carboxylic acids is 1. The predicted octanol–water partition coefficient (Wildman–Crippen LogP) is -2.19. The summed E-state index contributed by atoms with van der Waals surface area (Å²) in [5.74, 6) is -2.81. The summed E-state index contributed by atoms with van der Waals surface area (Å²) in [6.45, 7) is 0.485. The number of hydrogen-bond acceptors (Lipinski definition) is 5. The van der Waals surface area contributed by atoms with Crippen LogP contribution in [0.25, 0.3) is 0 Å². The fourth-order valence-corrected chi connectivity index (χ4v) is 1.50. The van der Waals surface area contributed by atoms with Crippen molar-refractivity contribution in [1.82, 2.24) is 5.32 Å². The van der Waals surface area contributed by atoms with Crippen LogP contribution in [0.1, 0.15) is 0 Å². The highest BCUT2D eigenvalue weighted by atomic mass is 16.7. The predicted molar refractivity (Wildman–Crippen MR) is 33.4 cm³/mol. The van der Waals surface area contributed by atoms with Gasteiger partial charge in [0.25, 0.3) is 5.79 Å². The third-order valence-electron chi connectivity index (χ3n) is 2.17. The normalized spacial score (nSPS) is 49.1. The molecule has 0 radical (unpaired) electrons. The van der Waals surface area contributed by atoms with Crippen LogP contribution in [0.4, 0.5) is 0 Å². The van der Waals surface area contributed by atoms with Gasteiger partial charge in [0.2, 0.25) is 0 Å². The molecule has 3 N–H and O–H groups in total. The van der Waals surface area contributed by atoms with Crippen LogP contribution in [-0.2, 0) is 9.53 Å². The second-order valence-electron chi connectivity index (χ2n) is 2.95. The van der Waals surface area contributed by atoms with E-state index in [0.717, 1.165) is 0 Å². The molecule has 5 nitrogen and oxygen atoms in total. The van der Waals surface area contributed by atoms with Crippen LogP contribution in [0.3, 0.4) is 0 Å². The first-order chi connectivity index (χ1) is 5.13. The molecular weight excluding hydrogens is 150 g/mol. The van der Waals surface area contributed by atoms with Crippen molar-refractivity contribution in [2.45, 2.75) is 11.9 Å². The Hall–Kier alpha value is -0.650. The fourth-order valence-electron chi connectivity index (χ4n) is 1.50. The number of rotatable bonds is 0. The highest BCUT2D eigenvalue weighted by Gasteiger charge is 2.56. The molecule has 1 unspecified atom stereocenters. The van der Waals surface area contributed by atoms with Gasteiger partial charge in [-0.3, -0.25) is 4.79 Å². The lowest BCUT2D eigenvalue weighted by molar-refractivity contribution is -0.215. The summed E-state index contributed by atoms with van der Waals surface area (Å²) >= 11 is 0. The zero-order valence-corrected chi connectivity index (χ0v) is 5.78. The van der Waals surface area contributed by atoms with Gasteiger partial charge >= 0.3 is 5.97 Å². The smallest absolute Gasteiger partial charge is 0.315 e. The van der Waals surface area contributed by atoms with Crippen molar-refractivity contribution >= 4 is 5.97 Å². The molecule has 2 saturated heterocycles. The maximum atomic E-state index is 10.9. The third-order valence-corrected chi connectivity index (χ3v) is 2.17. The van der Waals surface area contributed by atoms with Crippen LogP contribution < -0.4 is 5.32 Å². The Kier molecular flexibility index (Phi) is 1.24. The standard InChI is InChI=1S/C6H9NO4/c8-4-3-1-7-2-6(4,10)11-5(3)9/h3-4,7-8,10H,1-2H2/t3?,4-,6+/m0/s1. The van der Waals surface area contributed by atoms with Crippen molar-refractivity contribution in [2.24, 2.45) is 5.92 Å². The lowest BCUT2D eigenvalue weighted by atomic mass is 9.95. The van der Waals surface area contributed by atoms with Gasteiger partial charge in [-0.05, 0) is 0 Å². The molecule has 11 heavy (non-hydrogen) atoms. The zero-order chi connectivity index (χ0) is 8.06. The summed E-state index contributed by atoms with van der Waals surface area (Å²) < 4.78 is 4.59. The molecule has 2 bridgehead atoms. The number of aliphatic hydroxyl groups is 2. The quantitative estimate of drug-likeness (QED) is 0.350. The van der Waals surface area contributed by atoms with E-state index in [1.54, 1.807) is 0 Å². The van der Waals surface area contributed by atoms with Gasteiger partial charge in [-0.25, -0.2) is 0 Å². The van der Waals surface area contributed by atoms with Crippen LogP contribution in [0.5, 0.6) is 0 Å². The van der Waals surface area contributed by atoms with Gasteiger partial charge < -0.3 is 20.3 Å². The number of nitrogens with one attached hydrogen (secondary N) is 1. The van der Waals surface area contributed by atoms with E-state index in [1.807, 2.05) is 0 Å². The Balaban J connectivity index is 2.31. The van der Waals surface area contributed by atoms with E-state index in [0.29, 0.717) is 6.54 Å². The molecule has 2 aliphatic rings. The molecule has 2 rings (SSSR count). The molecule has 3 atom stereocenters. The third kappa shape index (κ3) is 0.786. The van der Waals surface area contributed by atoms with E-state index in [1.165, 1.54) is 0 Å². The Bertz CT molecular complexity index is 207. The van der Waals surface area contributed by atoms with Gasteiger partial charge in [0.1, 0.15) is 12.0 Å². The fraction of sp³-hybridized carbons (Fsp3) is 0.833. The van der Waals surface area contributed by atoms with Gasteiger partial charge in [-0.15, -0.1) is 0 Å².